The third-order valence-electron chi connectivity index (χ3n) is 23.1. The molecule has 0 aromatic heterocycles. The van der Waals surface area contributed by atoms with Crippen LogP contribution in [0.4, 0.5) is 0 Å². The van der Waals surface area contributed by atoms with Crippen molar-refractivity contribution >= 4 is 5.97 Å². The van der Waals surface area contributed by atoms with Crippen molar-refractivity contribution in [1.29, 1.82) is 0 Å². The summed E-state index contributed by atoms with van der Waals surface area (Å²) < 4.78 is 60.5. The van der Waals surface area contributed by atoms with Crippen LogP contribution >= 0.6 is 0 Å². The van der Waals surface area contributed by atoms with Crippen LogP contribution in [0.3, 0.4) is 0 Å². The van der Waals surface area contributed by atoms with E-state index in [4.69, 9.17) is 47.4 Å². The summed E-state index contributed by atoms with van der Waals surface area (Å²) in [6.07, 6.45) is -28.2. The molecular weight excluding hydrogens is 1110 g/mol. The van der Waals surface area contributed by atoms with E-state index in [1.807, 2.05) is 0 Å². The Morgan fingerprint density at radius 3 is 1.69 bits per heavy atom. The van der Waals surface area contributed by atoms with E-state index in [1.165, 1.54) is 19.4 Å². The van der Waals surface area contributed by atoms with Crippen LogP contribution in [0, 0.1) is 50.2 Å². The van der Waals surface area contributed by atoms with Gasteiger partial charge in [-0.15, -0.1) is 0 Å². The van der Waals surface area contributed by atoms with Crippen LogP contribution in [0.1, 0.15) is 127 Å². The van der Waals surface area contributed by atoms with E-state index in [-0.39, 0.29) is 46.0 Å². The molecule has 0 aromatic rings. The molecule has 0 radical (unpaired) electrons. The molecule has 10 aliphatic rings. The fourth-order valence-corrected chi connectivity index (χ4v) is 17.6. The molecular formula is C59H96O25. The van der Waals surface area contributed by atoms with Crippen molar-refractivity contribution in [2.45, 2.75) is 280 Å². The number of hydrogen-bond donors (Lipinski definition) is 14. The Morgan fingerprint density at radius 1 is 0.536 bits per heavy atom. The zero-order valence-electron chi connectivity index (χ0n) is 49.7. The Labute approximate surface area is 490 Å². The molecule has 0 unspecified atom stereocenters. The zero-order valence-corrected chi connectivity index (χ0v) is 49.7. The summed E-state index contributed by atoms with van der Waals surface area (Å²) in [4.78, 5) is 15.1. The number of esters is 1. The topological polar surface area (TPSA) is 393 Å². The van der Waals surface area contributed by atoms with Crippen LogP contribution in [0.25, 0.3) is 0 Å². The number of ether oxygens (including phenoxy) is 10. The fraction of sp³-hybridized carbons (Fsp3) is 0.949. The van der Waals surface area contributed by atoms with Gasteiger partial charge < -0.3 is 119 Å². The van der Waals surface area contributed by atoms with Crippen molar-refractivity contribution in [3.63, 3.8) is 0 Å². The van der Waals surface area contributed by atoms with Crippen LogP contribution in [-0.4, -0.2) is 251 Å². The van der Waals surface area contributed by atoms with Crippen molar-refractivity contribution in [3.8, 4) is 0 Å². The molecule has 0 amide bonds. The number of carbonyl (C=O) groups excluding carboxylic acids is 1. The first-order valence-electron chi connectivity index (χ1n) is 30.5. The van der Waals surface area contributed by atoms with Gasteiger partial charge in [0.05, 0.1) is 43.5 Å². The lowest BCUT2D eigenvalue weighted by Gasteiger charge is -2.71. The molecule has 0 spiro atoms. The van der Waals surface area contributed by atoms with Gasteiger partial charge >= 0.3 is 5.97 Å². The average molecular weight is 1210 g/mol. The van der Waals surface area contributed by atoms with Crippen LogP contribution < -0.4 is 0 Å². The Hall–Kier alpha value is -1.71. The number of allylic oxidation sites excluding steroid dienone is 2. The molecule has 14 N–H and O–H groups in total. The van der Waals surface area contributed by atoms with Gasteiger partial charge in [-0.25, -0.2) is 0 Å². The lowest BCUT2D eigenvalue weighted by Crippen LogP contribution is -2.67. The SMILES string of the molecule is C[C@@H]1O[C@@H](O[C@H]2[C@H](O[C@H]3CC[C@]4(C)[C@H]5CC=C6[C@@H]7CC(C)(C)CC[C@]7(C(=O)O[C@@H]7O[C@H](CO)[C@@H](O[C@@H]8O[C@@H](C)[C@H](O)[C@@H](O)[C@H]8O)[C@H](O)[C@H]7O)CC[C@@]6(C)[C@]5(C)CC[C@H]4C3(C)C)OC[C@H](O[C@@H]3O[C@H](CO)[C@@H](O)[C@H](O)[C@H]3O)[C@@H]2O)[C@H](O)[C@H](O)[C@H]1O. The number of aliphatic hydroxyl groups excluding tert-OH is 14. The van der Waals surface area contributed by atoms with Gasteiger partial charge in [-0.2, -0.15) is 0 Å². The number of hydrogen-bond acceptors (Lipinski definition) is 25. The lowest BCUT2D eigenvalue weighted by atomic mass is 9.33. The van der Waals surface area contributed by atoms with Crippen molar-refractivity contribution in [2.24, 2.45) is 50.2 Å². The van der Waals surface area contributed by atoms with E-state index in [1.54, 1.807) is 0 Å². The van der Waals surface area contributed by atoms with Crippen molar-refractivity contribution in [2.75, 3.05) is 19.8 Å². The van der Waals surface area contributed by atoms with E-state index in [2.05, 4.69) is 54.5 Å². The van der Waals surface area contributed by atoms with Gasteiger partial charge in [-0.05, 0) is 123 Å². The van der Waals surface area contributed by atoms with E-state index in [0.717, 1.165) is 32.1 Å². The van der Waals surface area contributed by atoms with Crippen LogP contribution in [0.5, 0.6) is 0 Å². The fourth-order valence-electron chi connectivity index (χ4n) is 17.6. The molecule has 9 fully saturated rings. The Kier molecular flexibility index (Phi) is 18.5. The van der Waals surface area contributed by atoms with E-state index < -0.39 is 184 Å². The maximum absolute atomic E-state index is 15.1. The van der Waals surface area contributed by atoms with Gasteiger partial charge in [-0.3, -0.25) is 4.79 Å². The summed E-state index contributed by atoms with van der Waals surface area (Å²) in [5.41, 5.74) is -1.24. The van der Waals surface area contributed by atoms with Crippen LogP contribution in [0.2, 0.25) is 0 Å². The second-order valence-corrected chi connectivity index (χ2v) is 28.6. The first-order valence-corrected chi connectivity index (χ1v) is 30.5. The first-order chi connectivity index (χ1) is 39.3. The van der Waals surface area contributed by atoms with Gasteiger partial charge in [0, 0.05) is 0 Å². The quantitative estimate of drug-likeness (QED) is 0.0600. The Balaban J connectivity index is 0.864. The van der Waals surface area contributed by atoms with Crippen molar-refractivity contribution in [1.82, 2.24) is 0 Å². The highest BCUT2D eigenvalue weighted by Crippen LogP contribution is 2.76. The monoisotopic (exact) mass is 1200 g/mol. The second kappa shape index (κ2) is 23.8. The Morgan fingerprint density at radius 2 is 1.08 bits per heavy atom. The molecule has 5 heterocycles. The summed E-state index contributed by atoms with van der Waals surface area (Å²) in [5, 5.41) is 151. The summed E-state index contributed by atoms with van der Waals surface area (Å²) in [7, 11) is 0. The van der Waals surface area contributed by atoms with E-state index in [9.17, 15) is 71.5 Å². The summed E-state index contributed by atoms with van der Waals surface area (Å²) in [6, 6.07) is 0. The highest BCUT2D eigenvalue weighted by molar-refractivity contribution is 5.79. The molecule has 0 bridgehead atoms. The lowest BCUT2D eigenvalue weighted by molar-refractivity contribution is -0.380. The molecule has 5 aliphatic heterocycles. The zero-order chi connectivity index (χ0) is 61.3. The molecule has 10 rings (SSSR count). The predicted molar refractivity (Wildman–Crippen MR) is 287 cm³/mol. The molecule has 84 heavy (non-hydrogen) atoms. The smallest absolute Gasteiger partial charge is 0.315 e. The van der Waals surface area contributed by atoms with Crippen LogP contribution in [0.15, 0.2) is 11.6 Å². The minimum Gasteiger partial charge on any atom is -0.432 e. The molecule has 482 valence electrons. The molecule has 5 aliphatic carbocycles. The minimum absolute atomic E-state index is 0.108. The first kappa shape index (κ1) is 65.2. The maximum Gasteiger partial charge on any atom is 0.315 e. The Bertz CT molecular complexity index is 2340. The maximum atomic E-state index is 15.1. The molecule has 32 atom stereocenters. The highest BCUT2D eigenvalue weighted by Gasteiger charge is 2.70. The summed E-state index contributed by atoms with van der Waals surface area (Å²) >= 11 is 0. The second-order valence-electron chi connectivity index (χ2n) is 28.6. The van der Waals surface area contributed by atoms with Gasteiger partial charge in [0.15, 0.2) is 25.2 Å². The summed E-state index contributed by atoms with van der Waals surface area (Å²) in [5.74, 6) is -0.497. The van der Waals surface area contributed by atoms with E-state index in [0.29, 0.717) is 32.1 Å². The normalized spacial score (nSPS) is 54.6. The molecule has 25 heteroatoms. The average Bonchev–Trinajstić information content (AvgIpc) is 0.724. The molecule has 25 nitrogen and oxygen atoms in total. The van der Waals surface area contributed by atoms with Crippen molar-refractivity contribution < 1.29 is 124 Å². The van der Waals surface area contributed by atoms with Crippen LogP contribution in [-0.2, 0) is 52.2 Å². The molecule has 5 saturated heterocycles. The van der Waals surface area contributed by atoms with Crippen molar-refractivity contribution in [3.05, 3.63) is 11.6 Å². The standard InChI is InChI=1S/C59H96O25/c1-24-34(62)38(66)42(70)48(76-24)82-46-29(22-61)79-51(45(73)41(46)69)84-53(74)59-18-16-54(3,4)20-27(59)26-10-11-32-56(7)14-13-33(55(5,6)31(56)12-15-58(32,9)57(26,8)17-19-59)81-52-47(83-49-43(71)39(67)35(63)25(2)77-49)37(65)30(23-75-52)80-50-44(72)40(68)36(64)28(21-60)78-50/h10,24-25,27-52,60-73H,11-23H2,1-9H3/t24-,25-,27-,28+,29+,30-,31-,32+,33-,34-,35-,36+,37-,38+,39+,40-,41+,42+,43+,44+,45+,46+,47+,48-,49-,50-,51-,52-,56-,57+,58+,59-/m0/s1. The van der Waals surface area contributed by atoms with Gasteiger partial charge in [0.1, 0.15) is 104 Å². The third kappa shape index (κ3) is 10.8. The number of fused-ring (bicyclic) bond motifs is 7. The predicted octanol–water partition coefficient (Wildman–Crippen LogP) is -1.52. The number of rotatable bonds is 12. The largest absolute Gasteiger partial charge is 0.432 e. The van der Waals surface area contributed by atoms with E-state index >= 15 is 4.79 Å². The van der Waals surface area contributed by atoms with Gasteiger partial charge in [0.25, 0.3) is 0 Å². The number of aliphatic hydroxyl groups is 14. The molecule has 0 aromatic carbocycles. The molecule has 4 saturated carbocycles. The van der Waals surface area contributed by atoms with Gasteiger partial charge in [0.2, 0.25) is 6.29 Å². The number of carbonyl (C=O) groups is 1. The van der Waals surface area contributed by atoms with Gasteiger partial charge in [-0.1, -0.05) is 60.1 Å². The minimum atomic E-state index is -1.84. The third-order valence-corrected chi connectivity index (χ3v) is 23.1. The highest BCUT2D eigenvalue weighted by atomic mass is 16.8. The summed E-state index contributed by atoms with van der Waals surface area (Å²) in [6.45, 7) is 17.1.